The van der Waals surface area contributed by atoms with E-state index in [9.17, 15) is 0 Å². The van der Waals surface area contributed by atoms with Gasteiger partial charge < -0.3 is 11.1 Å². The van der Waals surface area contributed by atoms with Gasteiger partial charge in [-0.15, -0.1) is 11.3 Å². The minimum Gasteiger partial charge on any atom is -0.383 e. The van der Waals surface area contributed by atoms with Crippen LogP contribution in [0.5, 0.6) is 0 Å². The molecule has 4 aromatic heterocycles. The Bertz CT molecular complexity index is 1340. The maximum atomic E-state index is 6.56. The molecule has 7 rings (SSSR count). The summed E-state index contributed by atoms with van der Waals surface area (Å²) in [5.74, 6) is 1.14. The van der Waals surface area contributed by atoms with Gasteiger partial charge in [-0.1, -0.05) is 19.9 Å². The number of aromatic nitrogens is 5. The Hall–Kier alpha value is -2.84. The number of fused-ring (bicyclic) bond motifs is 4. The van der Waals surface area contributed by atoms with Gasteiger partial charge in [-0.05, 0) is 57.9 Å². The van der Waals surface area contributed by atoms with E-state index in [0.717, 1.165) is 64.4 Å². The molecule has 0 amide bonds. The Morgan fingerprint density at radius 2 is 1.86 bits per heavy atom. The lowest BCUT2D eigenvalue weighted by Crippen LogP contribution is -2.37. The predicted octanol–water partition coefficient (Wildman–Crippen LogP) is 5.32. The summed E-state index contributed by atoms with van der Waals surface area (Å²) < 4.78 is 1.78. The number of nitrogens with two attached hydrogens (primary N) is 1. The summed E-state index contributed by atoms with van der Waals surface area (Å²) in [5.41, 5.74) is 13.8. The Kier molecular flexibility index (Phi) is 5.81. The van der Waals surface area contributed by atoms with Crippen molar-refractivity contribution in [2.75, 3.05) is 5.73 Å². The molecule has 2 saturated heterocycles. The zero-order valence-corrected chi connectivity index (χ0v) is 21.5. The van der Waals surface area contributed by atoms with Crippen LogP contribution in [0.25, 0.3) is 27.5 Å². The van der Waals surface area contributed by atoms with Gasteiger partial charge in [0.15, 0.2) is 5.65 Å². The van der Waals surface area contributed by atoms with E-state index in [2.05, 4.69) is 29.5 Å². The Balaban J connectivity index is 0.00000112. The summed E-state index contributed by atoms with van der Waals surface area (Å²) >= 11 is 1.78. The molecule has 0 saturated carbocycles. The van der Waals surface area contributed by atoms with Gasteiger partial charge in [0.1, 0.15) is 10.8 Å². The largest absolute Gasteiger partial charge is 0.383 e. The van der Waals surface area contributed by atoms with Crippen molar-refractivity contribution in [1.29, 1.82) is 0 Å². The fourth-order valence-electron chi connectivity index (χ4n) is 5.98. The van der Waals surface area contributed by atoms with Gasteiger partial charge in [0.2, 0.25) is 0 Å². The number of rotatable bonds is 3. The molecule has 0 spiro atoms. The number of anilines is 1. The second kappa shape index (κ2) is 8.99. The molecule has 0 radical (unpaired) electrons. The van der Waals surface area contributed by atoms with Gasteiger partial charge in [0.25, 0.3) is 0 Å². The first kappa shape index (κ1) is 22.6. The van der Waals surface area contributed by atoms with E-state index in [1.165, 1.54) is 29.8 Å². The highest BCUT2D eigenvalue weighted by Crippen LogP contribution is 2.39. The number of nitrogen functional groups attached to an aromatic ring is 1. The maximum absolute atomic E-state index is 6.56. The molecular weight excluding hydrogens is 454 g/mol. The highest BCUT2D eigenvalue weighted by Gasteiger charge is 2.36. The molecule has 2 aliphatic heterocycles. The fraction of sp³-hybridized carbons (Fsp3) is 0.481. The van der Waals surface area contributed by atoms with Gasteiger partial charge in [0, 0.05) is 45.8 Å². The lowest BCUT2D eigenvalue weighted by molar-refractivity contribution is 0.358. The molecule has 2 fully saturated rings. The average molecular weight is 488 g/mol. The van der Waals surface area contributed by atoms with Crippen molar-refractivity contribution in [1.82, 2.24) is 29.9 Å². The number of thiazole rings is 1. The van der Waals surface area contributed by atoms with E-state index in [0.29, 0.717) is 23.8 Å². The van der Waals surface area contributed by atoms with Crippen LogP contribution in [0.1, 0.15) is 73.7 Å². The maximum Gasteiger partial charge on any atom is 0.165 e. The number of aryl methyl sites for hydroxylation is 2. The van der Waals surface area contributed by atoms with Gasteiger partial charge in [-0.25, -0.2) is 9.97 Å². The summed E-state index contributed by atoms with van der Waals surface area (Å²) in [4.78, 5) is 16.1. The Morgan fingerprint density at radius 3 is 2.57 bits per heavy atom. The van der Waals surface area contributed by atoms with Crippen molar-refractivity contribution in [3.05, 3.63) is 46.4 Å². The molecule has 1 aliphatic carbocycles. The lowest BCUT2D eigenvalue weighted by atomic mass is 9.87. The van der Waals surface area contributed by atoms with E-state index in [1.807, 2.05) is 26.2 Å². The second-order valence-corrected chi connectivity index (χ2v) is 10.9. The third-order valence-corrected chi connectivity index (χ3v) is 8.90. The molecule has 3 N–H and O–H groups in total. The summed E-state index contributed by atoms with van der Waals surface area (Å²) in [6.45, 7) is 6.09. The molecule has 2 bridgehead atoms. The van der Waals surface area contributed by atoms with Crippen molar-refractivity contribution < 1.29 is 0 Å². The molecule has 4 aromatic rings. The lowest BCUT2D eigenvalue weighted by Gasteiger charge is -2.30. The van der Waals surface area contributed by atoms with Gasteiger partial charge >= 0.3 is 0 Å². The number of hydrogen-bond acceptors (Lipinski definition) is 7. The molecule has 7 nitrogen and oxygen atoms in total. The first-order chi connectivity index (χ1) is 17.1. The SMILES string of the molecule is CC.Cc1c(C2CC3CCC(C2)N3)nc2c(-c3ccc(-c4nc5c(s4)CCC5)nc3)cnn2c1N. The summed E-state index contributed by atoms with van der Waals surface area (Å²) in [6.07, 6.45) is 12.1. The van der Waals surface area contributed by atoms with Gasteiger partial charge in [0.05, 0.1) is 23.3 Å². The molecule has 0 aromatic carbocycles. The molecule has 8 heteroatoms. The third kappa shape index (κ3) is 3.83. The van der Waals surface area contributed by atoms with Gasteiger partial charge in [-0.2, -0.15) is 9.61 Å². The quantitative estimate of drug-likeness (QED) is 0.406. The standard InChI is InChI=1S/C25H27N7S.C2H6/c1-13-22(15-9-16-6-7-17(10-15)29-16)31-24-18(12-28-32(24)23(13)26)14-5-8-20(27-11-14)25-30-19-3-2-4-21(19)33-25;1-2/h5,8,11-12,15-17,29H,2-4,6-7,9-10,26H2,1H3;1-2H3. The molecule has 182 valence electrons. The zero-order valence-electron chi connectivity index (χ0n) is 20.7. The van der Waals surface area contributed by atoms with Crippen molar-refractivity contribution in [3.63, 3.8) is 0 Å². The van der Waals surface area contributed by atoms with Crippen molar-refractivity contribution in [3.8, 4) is 21.8 Å². The highest BCUT2D eigenvalue weighted by atomic mass is 32.1. The van der Waals surface area contributed by atoms with Crippen LogP contribution in [0.2, 0.25) is 0 Å². The summed E-state index contributed by atoms with van der Waals surface area (Å²) in [5, 5.41) is 9.33. The smallest absolute Gasteiger partial charge is 0.165 e. The molecule has 6 heterocycles. The van der Waals surface area contributed by atoms with Crippen LogP contribution in [-0.2, 0) is 12.8 Å². The summed E-state index contributed by atoms with van der Waals surface area (Å²) in [6, 6.07) is 5.39. The fourth-order valence-corrected chi connectivity index (χ4v) is 7.10. The number of nitrogens with zero attached hydrogens (tertiary/aromatic N) is 5. The van der Waals surface area contributed by atoms with Crippen LogP contribution < -0.4 is 11.1 Å². The topological polar surface area (TPSA) is 94.0 Å². The van der Waals surface area contributed by atoms with Crippen LogP contribution in [-0.4, -0.2) is 36.6 Å². The predicted molar refractivity (Wildman–Crippen MR) is 142 cm³/mol. The van der Waals surface area contributed by atoms with Crippen molar-refractivity contribution >= 4 is 22.8 Å². The normalized spacial score (nSPS) is 22.8. The first-order valence-corrected chi connectivity index (χ1v) is 13.8. The number of hydrogen-bond donors (Lipinski definition) is 2. The number of nitrogens with one attached hydrogen (secondary N) is 1. The highest BCUT2D eigenvalue weighted by molar-refractivity contribution is 7.15. The van der Waals surface area contributed by atoms with Crippen LogP contribution >= 0.6 is 11.3 Å². The Morgan fingerprint density at radius 1 is 1.06 bits per heavy atom. The van der Waals surface area contributed by atoms with E-state index in [4.69, 9.17) is 20.7 Å². The second-order valence-electron chi connectivity index (χ2n) is 9.78. The number of piperidine rings is 1. The van der Waals surface area contributed by atoms with Crippen LogP contribution in [0.4, 0.5) is 5.82 Å². The zero-order chi connectivity index (χ0) is 24.1. The Labute approximate surface area is 210 Å². The van der Waals surface area contributed by atoms with Crippen LogP contribution in [0.3, 0.4) is 0 Å². The van der Waals surface area contributed by atoms with E-state index in [-0.39, 0.29) is 0 Å². The van der Waals surface area contributed by atoms with E-state index >= 15 is 0 Å². The molecule has 2 atom stereocenters. The molecule has 2 unspecified atom stereocenters. The van der Waals surface area contributed by atoms with E-state index < -0.39 is 0 Å². The summed E-state index contributed by atoms with van der Waals surface area (Å²) in [7, 11) is 0. The molecular formula is C27H33N7S. The van der Waals surface area contributed by atoms with Crippen LogP contribution in [0, 0.1) is 6.92 Å². The van der Waals surface area contributed by atoms with Gasteiger partial charge in [-0.3, -0.25) is 4.98 Å². The number of pyridine rings is 1. The minimum absolute atomic E-state index is 0.450. The van der Waals surface area contributed by atoms with E-state index in [1.54, 1.807) is 15.9 Å². The first-order valence-electron chi connectivity index (χ1n) is 13.0. The molecule has 35 heavy (non-hydrogen) atoms. The average Bonchev–Trinajstić information content (AvgIpc) is 3.66. The van der Waals surface area contributed by atoms with Crippen molar-refractivity contribution in [2.45, 2.75) is 83.7 Å². The monoisotopic (exact) mass is 487 g/mol. The third-order valence-electron chi connectivity index (χ3n) is 7.72. The minimum atomic E-state index is 0.450. The van der Waals surface area contributed by atoms with Crippen LogP contribution in [0.15, 0.2) is 24.5 Å². The van der Waals surface area contributed by atoms with Crippen molar-refractivity contribution in [2.24, 2.45) is 0 Å². The molecule has 3 aliphatic rings.